The quantitative estimate of drug-likeness (QED) is 0.687. The van der Waals surface area contributed by atoms with Gasteiger partial charge in [0.2, 0.25) is 0 Å². The standard InChI is InChI=1S/C14H10FNO4/c1-8-2-5-13(15)11(6-8)10-4-3-9(16(19)20)7-12(10)14(17)18/h2-7H,1H3,(H,17,18). The second-order valence-electron chi connectivity index (χ2n) is 4.28. The summed E-state index contributed by atoms with van der Waals surface area (Å²) in [5, 5.41) is 19.8. The fraction of sp³-hybridized carbons (Fsp3) is 0.0714. The van der Waals surface area contributed by atoms with E-state index in [0.29, 0.717) is 0 Å². The number of rotatable bonds is 3. The lowest BCUT2D eigenvalue weighted by Crippen LogP contribution is -2.02. The highest BCUT2D eigenvalue weighted by molar-refractivity contribution is 5.97. The van der Waals surface area contributed by atoms with Crippen LogP contribution in [0.2, 0.25) is 0 Å². The van der Waals surface area contributed by atoms with E-state index in [9.17, 15) is 19.3 Å². The molecule has 2 aromatic carbocycles. The number of carbonyl (C=O) groups is 1. The van der Waals surface area contributed by atoms with Gasteiger partial charge in [0, 0.05) is 17.7 Å². The van der Waals surface area contributed by atoms with Gasteiger partial charge in [0.05, 0.1) is 10.5 Å². The minimum Gasteiger partial charge on any atom is -0.478 e. The van der Waals surface area contributed by atoms with Crippen molar-refractivity contribution in [2.45, 2.75) is 6.92 Å². The molecule has 1 N–H and O–H groups in total. The number of hydrogen-bond acceptors (Lipinski definition) is 3. The van der Waals surface area contributed by atoms with Gasteiger partial charge in [-0.15, -0.1) is 0 Å². The molecule has 0 aromatic heterocycles. The highest BCUT2D eigenvalue weighted by atomic mass is 19.1. The molecule has 5 nitrogen and oxygen atoms in total. The summed E-state index contributed by atoms with van der Waals surface area (Å²) in [7, 11) is 0. The fourth-order valence-electron chi connectivity index (χ4n) is 1.90. The van der Waals surface area contributed by atoms with Gasteiger partial charge in [0.15, 0.2) is 0 Å². The number of nitro groups is 1. The van der Waals surface area contributed by atoms with Crippen LogP contribution in [0.1, 0.15) is 15.9 Å². The topological polar surface area (TPSA) is 80.4 Å². The smallest absolute Gasteiger partial charge is 0.336 e. The first-order valence-electron chi connectivity index (χ1n) is 5.68. The zero-order chi connectivity index (χ0) is 14.9. The Morgan fingerprint density at radius 2 is 1.90 bits per heavy atom. The minimum absolute atomic E-state index is 0.109. The summed E-state index contributed by atoms with van der Waals surface area (Å²) in [5.74, 6) is -1.92. The average molecular weight is 275 g/mol. The Kier molecular flexibility index (Phi) is 3.47. The lowest BCUT2D eigenvalue weighted by Gasteiger charge is -2.08. The molecule has 0 bridgehead atoms. The summed E-state index contributed by atoms with van der Waals surface area (Å²) in [5.41, 5.74) is 0.334. The van der Waals surface area contributed by atoms with Crippen LogP contribution in [0.5, 0.6) is 0 Å². The monoisotopic (exact) mass is 275 g/mol. The summed E-state index contributed by atoms with van der Waals surface area (Å²) >= 11 is 0. The van der Waals surface area contributed by atoms with Crippen molar-refractivity contribution in [1.82, 2.24) is 0 Å². The Balaban J connectivity index is 2.70. The maximum Gasteiger partial charge on any atom is 0.336 e. The van der Waals surface area contributed by atoms with Gasteiger partial charge in [0.1, 0.15) is 5.82 Å². The molecule has 0 unspecified atom stereocenters. The zero-order valence-corrected chi connectivity index (χ0v) is 10.5. The van der Waals surface area contributed by atoms with Crippen molar-refractivity contribution < 1.29 is 19.2 Å². The van der Waals surface area contributed by atoms with Crippen molar-refractivity contribution in [3.8, 4) is 11.1 Å². The number of aryl methyl sites for hydroxylation is 1. The molecule has 0 radical (unpaired) electrons. The molecule has 0 spiro atoms. The molecule has 6 heteroatoms. The van der Waals surface area contributed by atoms with E-state index in [1.54, 1.807) is 13.0 Å². The average Bonchev–Trinajstić information content (AvgIpc) is 2.40. The first-order chi connectivity index (χ1) is 9.40. The Bertz CT molecular complexity index is 712. The van der Waals surface area contributed by atoms with E-state index in [2.05, 4.69) is 0 Å². The van der Waals surface area contributed by atoms with Crippen LogP contribution in [-0.2, 0) is 0 Å². The van der Waals surface area contributed by atoms with Crippen LogP contribution >= 0.6 is 0 Å². The number of halogens is 1. The van der Waals surface area contributed by atoms with Crippen molar-refractivity contribution in [2.75, 3.05) is 0 Å². The predicted octanol–water partition coefficient (Wildman–Crippen LogP) is 3.41. The summed E-state index contributed by atoms with van der Waals surface area (Å²) in [4.78, 5) is 21.2. The van der Waals surface area contributed by atoms with Crippen molar-refractivity contribution in [3.63, 3.8) is 0 Å². The molecule has 2 rings (SSSR count). The third-order valence-corrected chi connectivity index (χ3v) is 2.86. The SMILES string of the molecule is Cc1ccc(F)c(-c2ccc([N+](=O)[O-])cc2C(=O)O)c1. The number of carboxylic acids is 1. The summed E-state index contributed by atoms with van der Waals surface area (Å²) in [6, 6.07) is 7.63. The number of non-ortho nitro benzene ring substituents is 1. The molecule has 102 valence electrons. The molecule has 0 aliphatic heterocycles. The molecule has 0 atom stereocenters. The van der Waals surface area contributed by atoms with Gasteiger partial charge in [-0.3, -0.25) is 10.1 Å². The third-order valence-electron chi connectivity index (χ3n) is 2.86. The van der Waals surface area contributed by atoms with E-state index in [4.69, 9.17) is 5.11 Å². The lowest BCUT2D eigenvalue weighted by atomic mass is 9.97. The largest absolute Gasteiger partial charge is 0.478 e. The van der Waals surface area contributed by atoms with Crippen LogP contribution in [0, 0.1) is 22.9 Å². The highest BCUT2D eigenvalue weighted by Crippen LogP contribution is 2.30. The van der Waals surface area contributed by atoms with E-state index >= 15 is 0 Å². The number of nitro benzene ring substituents is 1. The Hall–Kier alpha value is -2.76. The molecule has 0 fully saturated rings. The van der Waals surface area contributed by atoms with E-state index in [1.807, 2.05) is 0 Å². The Morgan fingerprint density at radius 3 is 2.50 bits per heavy atom. The van der Waals surface area contributed by atoms with Crippen molar-refractivity contribution in [2.24, 2.45) is 0 Å². The molecule has 20 heavy (non-hydrogen) atoms. The van der Waals surface area contributed by atoms with Gasteiger partial charge in [-0.05, 0) is 30.7 Å². The zero-order valence-electron chi connectivity index (χ0n) is 10.5. The van der Waals surface area contributed by atoms with Crippen molar-refractivity contribution >= 4 is 11.7 Å². The second kappa shape index (κ2) is 5.08. The summed E-state index contributed by atoms with van der Waals surface area (Å²) < 4.78 is 13.8. The Morgan fingerprint density at radius 1 is 1.20 bits per heavy atom. The molecule has 0 aliphatic carbocycles. The molecule has 0 saturated carbocycles. The van der Waals surface area contributed by atoms with Crippen LogP contribution < -0.4 is 0 Å². The maximum absolute atomic E-state index is 13.8. The molecule has 0 saturated heterocycles. The van der Waals surface area contributed by atoms with E-state index < -0.39 is 16.7 Å². The van der Waals surface area contributed by atoms with E-state index in [-0.39, 0.29) is 22.4 Å². The van der Waals surface area contributed by atoms with Crippen molar-refractivity contribution in [1.29, 1.82) is 0 Å². The maximum atomic E-state index is 13.8. The van der Waals surface area contributed by atoms with Crippen LogP contribution in [0.3, 0.4) is 0 Å². The summed E-state index contributed by atoms with van der Waals surface area (Å²) in [6.07, 6.45) is 0. The van der Waals surface area contributed by atoms with Gasteiger partial charge in [0.25, 0.3) is 5.69 Å². The number of nitrogens with zero attached hydrogens (tertiary/aromatic N) is 1. The molecule has 0 heterocycles. The first kappa shape index (κ1) is 13.7. The predicted molar refractivity (Wildman–Crippen MR) is 70.2 cm³/mol. The Labute approximate surface area is 113 Å². The minimum atomic E-state index is -1.34. The van der Waals surface area contributed by atoms with Crippen LogP contribution in [-0.4, -0.2) is 16.0 Å². The van der Waals surface area contributed by atoms with Gasteiger partial charge in [-0.2, -0.15) is 0 Å². The fourth-order valence-corrected chi connectivity index (χ4v) is 1.90. The molecule has 0 amide bonds. The number of carboxylic acid groups (broad SMARTS) is 1. The van der Waals surface area contributed by atoms with Gasteiger partial charge < -0.3 is 5.11 Å². The van der Waals surface area contributed by atoms with Gasteiger partial charge in [-0.1, -0.05) is 11.6 Å². The van der Waals surface area contributed by atoms with Crippen molar-refractivity contribution in [3.05, 3.63) is 63.5 Å². The number of hydrogen-bond donors (Lipinski definition) is 1. The molecule has 0 aliphatic rings. The lowest BCUT2D eigenvalue weighted by molar-refractivity contribution is -0.384. The number of aromatic carboxylic acids is 1. The van der Waals surface area contributed by atoms with Crippen LogP contribution in [0.4, 0.5) is 10.1 Å². The second-order valence-corrected chi connectivity index (χ2v) is 4.28. The first-order valence-corrected chi connectivity index (χ1v) is 5.68. The van der Waals surface area contributed by atoms with Gasteiger partial charge in [-0.25, -0.2) is 9.18 Å². The third kappa shape index (κ3) is 2.49. The summed E-state index contributed by atoms with van der Waals surface area (Å²) in [6.45, 7) is 1.74. The van der Waals surface area contributed by atoms with E-state index in [1.165, 1.54) is 18.2 Å². The van der Waals surface area contributed by atoms with E-state index in [0.717, 1.165) is 17.7 Å². The highest BCUT2D eigenvalue weighted by Gasteiger charge is 2.19. The van der Waals surface area contributed by atoms with Crippen LogP contribution in [0.15, 0.2) is 36.4 Å². The normalized spacial score (nSPS) is 10.3. The van der Waals surface area contributed by atoms with Gasteiger partial charge >= 0.3 is 5.97 Å². The molecular weight excluding hydrogens is 265 g/mol. The number of benzene rings is 2. The molecular formula is C14H10FNO4. The molecule has 2 aromatic rings. The van der Waals surface area contributed by atoms with Crippen LogP contribution in [0.25, 0.3) is 11.1 Å².